The SMILES string of the molecule is CCCCC(CC)COC(=O)COc1c2ccccc2c(OCC(=O)OCC(CC)CCCC)c2cc(CC)ccc12. The Balaban J connectivity index is 1.82. The first-order valence-electron chi connectivity index (χ1n) is 16.0. The number of carbonyl (C=O) groups excluding carboxylic acids is 2. The average Bonchev–Trinajstić information content (AvgIpc) is 3.02. The number of fused-ring (bicyclic) bond motifs is 2. The van der Waals surface area contributed by atoms with Gasteiger partial charge in [0.05, 0.1) is 13.2 Å². The van der Waals surface area contributed by atoms with Gasteiger partial charge >= 0.3 is 11.9 Å². The minimum absolute atomic E-state index is 0.178. The predicted octanol–water partition coefficient (Wildman–Crippen LogP) is 8.83. The lowest BCUT2D eigenvalue weighted by molar-refractivity contribution is -0.148. The number of hydrogen-bond acceptors (Lipinski definition) is 6. The smallest absolute Gasteiger partial charge is 0.344 e. The van der Waals surface area contributed by atoms with Crippen LogP contribution in [-0.4, -0.2) is 38.4 Å². The molecule has 3 aromatic rings. The fourth-order valence-corrected chi connectivity index (χ4v) is 5.24. The van der Waals surface area contributed by atoms with Crippen LogP contribution in [0.4, 0.5) is 0 Å². The van der Waals surface area contributed by atoms with Crippen LogP contribution in [0.3, 0.4) is 0 Å². The molecule has 0 saturated carbocycles. The van der Waals surface area contributed by atoms with E-state index in [1.54, 1.807) is 0 Å². The van der Waals surface area contributed by atoms with Crippen molar-refractivity contribution in [2.45, 2.75) is 92.4 Å². The summed E-state index contributed by atoms with van der Waals surface area (Å²) in [6.45, 7) is 11.2. The Kier molecular flexibility index (Phi) is 13.9. The lowest BCUT2D eigenvalue weighted by Gasteiger charge is -2.19. The second kappa shape index (κ2) is 17.6. The Labute approximate surface area is 252 Å². The van der Waals surface area contributed by atoms with Gasteiger partial charge in [0.15, 0.2) is 13.2 Å². The topological polar surface area (TPSA) is 71.1 Å². The summed E-state index contributed by atoms with van der Waals surface area (Å²) in [6.07, 6.45) is 9.46. The molecular formula is C36H50O6. The van der Waals surface area contributed by atoms with Gasteiger partial charge in [-0.1, -0.05) is 110 Å². The fraction of sp³-hybridized carbons (Fsp3) is 0.556. The molecule has 0 aliphatic carbocycles. The molecule has 6 nitrogen and oxygen atoms in total. The molecule has 2 unspecified atom stereocenters. The molecule has 230 valence electrons. The van der Waals surface area contributed by atoms with Crippen LogP contribution < -0.4 is 9.47 Å². The van der Waals surface area contributed by atoms with Crippen molar-refractivity contribution < 1.29 is 28.5 Å². The first-order valence-corrected chi connectivity index (χ1v) is 16.0. The van der Waals surface area contributed by atoms with Crippen molar-refractivity contribution in [1.82, 2.24) is 0 Å². The number of hydrogen-bond donors (Lipinski definition) is 0. The van der Waals surface area contributed by atoms with Gasteiger partial charge in [-0.3, -0.25) is 0 Å². The standard InChI is InChI=1S/C36H50O6/c1-6-11-15-27(9-4)22-39-33(37)24-41-35-29-17-13-14-18-30(29)36(32-21-26(8-3)19-20-31(32)35)42-25-34(38)40-23-28(10-5)16-12-7-2/h13-14,17-21,27-28H,6-12,15-16,22-25H2,1-5H3. The molecule has 3 aromatic carbocycles. The van der Waals surface area contributed by atoms with Crippen LogP contribution in [0.25, 0.3) is 21.5 Å². The highest BCUT2D eigenvalue weighted by Gasteiger charge is 2.20. The second-order valence-electron chi connectivity index (χ2n) is 11.2. The summed E-state index contributed by atoms with van der Waals surface area (Å²) < 4.78 is 23.6. The average molecular weight is 579 g/mol. The van der Waals surface area contributed by atoms with Gasteiger partial charge in [-0.25, -0.2) is 9.59 Å². The predicted molar refractivity (Wildman–Crippen MR) is 170 cm³/mol. The molecule has 0 spiro atoms. The van der Waals surface area contributed by atoms with Crippen molar-refractivity contribution in [3.05, 3.63) is 48.0 Å². The summed E-state index contributed by atoms with van der Waals surface area (Å²) in [5.74, 6) is 1.21. The van der Waals surface area contributed by atoms with E-state index in [0.29, 0.717) is 36.5 Å². The van der Waals surface area contributed by atoms with E-state index in [-0.39, 0.29) is 25.2 Å². The molecule has 0 fully saturated rings. The lowest BCUT2D eigenvalue weighted by Crippen LogP contribution is -2.20. The summed E-state index contributed by atoms with van der Waals surface area (Å²) >= 11 is 0. The number of benzene rings is 3. The largest absolute Gasteiger partial charge is 0.481 e. The number of carbonyl (C=O) groups is 2. The van der Waals surface area contributed by atoms with Crippen molar-refractivity contribution in [3.63, 3.8) is 0 Å². The van der Waals surface area contributed by atoms with Gasteiger partial charge in [-0.2, -0.15) is 0 Å². The van der Waals surface area contributed by atoms with E-state index in [0.717, 1.165) is 84.9 Å². The minimum atomic E-state index is -0.375. The zero-order valence-corrected chi connectivity index (χ0v) is 26.3. The van der Waals surface area contributed by atoms with E-state index in [2.05, 4.69) is 46.8 Å². The lowest BCUT2D eigenvalue weighted by atomic mass is 9.98. The van der Waals surface area contributed by atoms with E-state index in [9.17, 15) is 9.59 Å². The highest BCUT2D eigenvalue weighted by atomic mass is 16.6. The van der Waals surface area contributed by atoms with Gasteiger partial charge in [-0.05, 0) is 42.7 Å². The number of unbranched alkanes of at least 4 members (excludes halogenated alkanes) is 2. The second-order valence-corrected chi connectivity index (χ2v) is 11.2. The first kappa shape index (κ1) is 33.2. The van der Waals surface area contributed by atoms with Crippen LogP contribution in [0.1, 0.15) is 91.5 Å². The van der Waals surface area contributed by atoms with Gasteiger partial charge in [0.25, 0.3) is 0 Å². The Morgan fingerprint density at radius 2 is 1.12 bits per heavy atom. The third-order valence-electron chi connectivity index (χ3n) is 8.11. The van der Waals surface area contributed by atoms with Crippen LogP contribution in [0.2, 0.25) is 0 Å². The van der Waals surface area contributed by atoms with Crippen LogP contribution in [0.15, 0.2) is 42.5 Å². The Morgan fingerprint density at radius 3 is 1.57 bits per heavy atom. The Morgan fingerprint density at radius 1 is 0.643 bits per heavy atom. The van der Waals surface area contributed by atoms with Crippen molar-refractivity contribution in [1.29, 1.82) is 0 Å². The summed E-state index contributed by atoms with van der Waals surface area (Å²) in [6, 6.07) is 13.9. The monoisotopic (exact) mass is 578 g/mol. The van der Waals surface area contributed by atoms with Gasteiger partial charge in [0.2, 0.25) is 0 Å². The van der Waals surface area contributed by atoms with Gasteiger partial charge in [0, 0.05) is 21.5 Å². The maximum Gasteiger partial charge on any atom is 0.344 e. The van der Waals surface area contributed by atoms with E-state index < -0.39 is 0 Å². The summed E-state index contributed by atoms with van der Waals surface area (Å²) in [5, 5.41) is 3.28. The van der Waals surface area contributed by atoms with Gasteiger partial charge in [0.1, 0.15) is 11.5 Å². The minimum Gasteiger partial charge on any atom is -0.481 e. The molecule has 0 aromatic heterocycles. The van der Waals surface area contributed by atoms with Crippen LogP contribution in [0.5, 0.6) is 11.5 Å². The Hall–Kier alpha value is -3.28. The normalized spacial score (nSPS) is 12.7. The highest BCUT2D eigenvalue weighted by Crippen LogP contribution is 2.43. The third kappa shape index (κ3) is 9.37. The number of rotatable bonds is 19. The van der Waals surface area contributed by atoms with Crippen LogP contribution in [-0.2, 0) is 25.5 Å². The number of esters is 2. The molecule has 42 heavy (non-hydrogen) atoms. The molecule has 0 aliphatic heterocycles. The molecule has 0 bridgehead atoms. The van der Waals surface area contributed by atoms with Crippen molar-refractivity contribution >= 4 is 33.5 Å². The third-order valence-corrected chi connectivity index (χ3v) is 8.11. The Bertz CT molecular complexity index is 1280. The molecule has 3 rings (SSSR count). The molecule has 0 amide bonds. The maximum atomic E-state index is 12.7. The summed E-state index contributed by atoms with van der Waals surface area (Å²) in [4.78, 5) is 25.4. The van der Waals surface area contributed by atoms with Crippen molar-refractivity contribution in [2.24, 2.45) is 11.8 Å². The molecule has 0 N–H and O–H groups in total. The zero-order chi connectivity index (χ0) is 30.3. The van der Waals surface area contributed by atoms with Crippen LogP contribution in [0, 0.1) is 11.8 Å². The number of aryl methyl sites for hydroxylation is 1. The summed E-state index contributed by atoms with van der Waals surface area (Å²) in [5.41, 5.74) is 1.13. The fourth-order valence-electron chi connectivity index (χ4n) is 5.24. The van der Waals surface area contributed by atoms with Crippen molar-refractivity contribution in [2.75, 3.05) is 26.4 Å². The van der Waals surface area contributed by atoms with Crippen molar-refractivity contribution in [3.8, 4) is 11.5 Å². The first-order chi connectivity index (χ1) is 20.4. The summed E-state index contributed by atoms with van der Waals surface area (Å²) in [7, 11) is 0. The van der Waals surface area contributed by atoms with Gasteiger partial charge < -0.3 is 18.9 Å². The van der Waals surface area contributed by atoms with E-state index in [4.69, 9.17) is 18.9 Å². The molecular weight excluding hydrogens is 528 g/mol. The molecule has 0 aliphatic rings. The zero-order valence-electron chi connectivity index (χ0n) is 26.3. The highest BCUT2D eigenvalue weighted by molar-refractivity contribution is 6.11. The van der Waals surface area contributed by atoms with E-state index >= 15 is 0 Å². The quantitative estimate of drug-likeness (QED) is 0.105. The van der Waals surface area contributed by atoms with E-state index in [1.807, 2.05) is 30.3 Å². The van der Waals surface area contributed by atoms with Crippen LogP contribution >= 0.6 is 0 Å². The maximum absolute atomic E-state index is 12.7. The molecule has 0 radical (unpaired) electrons. The molecule has 6 heteroatoms. The molecule has 0 saturated heterocycles. The number of ether oxygens (including phenoxy) is 4. The molecule has 0 heterocycles. The van der Waals surface area contributed by atoms with Gasteiger partial charge in [-0.15, -0.1) is 0 Å². The molecule has 2 atom stereocenters. The van der Waals surface area contributed by atoms with E-state index in [1.165, 1.54) is 0 Å².